The SMILES string of the molecule is Cc1ccccc1C1COC(C2CCNC2)=N1. The molecule has 1 aromatic carbocycles. The number of rotatable bonds is 2. The first kappa shape index (κ1) is 10.8. The third-order valence-corrected chi connectivity index (χ3v) is 3.63. The molecule has 0 bridgehead atoms. The Morgan fingerprint density at radius 2 is 2.24 bits per heavy atom. The fraction of sp³-hybridized carbons (Fsp3) is 0.500. The number of nitrogens with zero attached hydrogens (tertiary/aromatic N) is 1. The van der Waals surface area contributed by atoms with Gasteiger partial charge in [-0.25, -0.2) is 4.99 Å². The van der Waals surface area contributed by atoms with Crippen LogP contribution in [0.5, 0.6) is 0 Å². The summed E-state index contributed by atoms with van der Waals surface area (Å²) < 4.78 is 5.77. The molecule has 90 valence electrons. The first-order chi connectivity index (χ1) is 8.34. The van der Waals surface area contributed by atoms with Crippen LogP contribution in [0.15, 0.2) is 29.3 Å². The summed E-state index contributed by atoms with van der Waals surface area (Å²) in [5, 5.41) is 3.35. The van der Waals surface area contributed by atoms with Gasteiger partial charge in [-0.05, 0) is 31.0 Å². The van der Waals surface area contributed by atoms with Crippen molar-refractivity contribution in [1.82, 2.24) is 5.32 Å². The van der Waals surface area contributed by atoms with Crippen molar-refractivity contribution >= 4 is 5.90 Å². The van der Waals surface area contributed by atoms with Crippen molar-refractivity contribution in [2.75, 3.05) is 19.7 Å². The van der Waals surface area contributed by atoms with E-state index in [0.717, 1.165) is 25.4 Å². The van der Waals surface area contributed by atoms with E-state index < -0.39 is 0 Å². The van der Waals surface area contributed by atoms with Crippen LogP contribution in [0.3, 0.4) is 0 Å². The summed E-state index contributed by atoms with van der Waals surface area (Å²) in [6.07, 6.45) is 1.15. The Labute approximate surface area is 102 Å². The number of nitrogens with one attached hydrogen (secondary N) is 1. The Bertz CT molecular complexity index is 436. The average Bonchev–Trinajstić information content (AvgIpc) is 3.00. The van der Waals surface area contributed by atoms with E-state index in [1.54, 1.807) is 0 Å². The third kappa shape index (κ3) is 2.07. The Balaban J connectivity index is 1.80. The molecule has 0 amide bonds. The summed E-state index contributed by atoms with van der Waals surface area (Å²) in [5.74, 6) is 1.45. The van der Waals surface area contributed by atoms with E-state index in [1.807, 2.05) is 0 Å². The second-order valence-corrected chi connectivity index (χ2v) is 4.84. The van der Waals surface area contributed by atoms with Crippen LogP contribution in [-0.4, -0.2) is 25.6 Å². The second kappa shape index (κ2) is 4.49. The maximum Gasteiger partial charge on any atom is 0.188 e. The Morgan fingerprint density at radius 3 is 3.00 bits per heavy atom. The van der Waals surface area contributed by atoms with Crippen molar-refractivity contribution < 1.29 is 4.74 Å². The number of ether oxygens (including phenoxy) is 1. The van der Waals surface area contributed by atoms with Crippen LogP contribution in [-0.2, 0) is 4.74 Å². The zero-order valence-corrected chi connectivity index (χ0v) is 10.1. The molecule has 3 rings (SSSR count). The monoisotopic (exact) mass is 230 g/mol. The molecular formula is C14H18N2O. The largest absolute Gasteiger partial charge is 0.478 e. The fourth-order valence-electron chi connectivity index (χ4n) is 2.60. The van der Waals surface area contributed by atoms with Crippen LogP contribution in [0.25, 0.3) is 0 Å². The molecule has 0 spiro atoms. The number of aryl methyl sites for hydroxylation is 1. The van der Waals surface area contributed by atoms with Gasteiger partial charge in [0.15, 0.2) is 5.90 Å². The molecule has 0 aromatic heterocycles. The average molecular weight is 230 g/mol. The molecule has 1 fully saturated rings. The van der Waals surface area contributed by atoms with Crippen LogP contribution in [0, 0.1) is 12.8 Å². The van der Waals surface area contributed by atoms with Crippen molar-refractivity contribution in [1.29, 1.82) is 0 Å². The summed E-state index contributed by atoms with van der Waals surface area (Å²) in [6.45, 7) is 4.94. The molecule has 2 heterocycles. The molecule has 2 aliphatic rings. The van der Waals surface area contributed by atoms with Crippen molar-refractivity contribution in [3.63, 3.8) is 0 Å². The smallest absolute Gasteiger partial charge is 0.188 e. The molecule has 1 N–H and O–H groups in total. The van der Waals surface area contributed by atoms with E-state index in [-0.39, 0.29) is 6.04 Å². The number of benzene rings is 1. The highest BCUT2D eigenvalue weighted by Crippen LogP contribution is 2.28. The van der Waals surface area contributed by atoms with Gasteiger partial charge < -0.3 is 10.1 Å². The Kier molecular flexibility index (Phi) is 2.85. The lowest BCUT2D eigenvalue weighted by molar-refractivity contribution is 0.301. The lowest BCUT2D eigenvalue weighted by Gasteiger charge is -2.08. The molecule has 0 aliphatic carbocycles. The summed E-state index contributed by atoms with van der Waals surface area (Å²) in [5.41, 5.74) is 2.60. The van der Waals surface area contributed by atoms with Crippen molar-refractivity contribution in [2.24, 2.45) is 10.9 Å². The van der Waals surface area contributed by atoms with Gasteiger partial charge in [0.25, 0.3) is 0 Å². The standard InChI is InChI=1S/C14H18N2O/c1-10-4-2-3-5-12(10)13-9-17-14(16-13)11-6-7-15-8-11/h2-5,11,13,15H,6-9H2,1H3. The highest BCUT2D eigenvalue weighted by atomic mass is 16.5. The van der Waals surface area contributed by atoms with Gasteiger partial charge in [-0.2, -0.15) is 0 Å². The van der Waals surface area contributed by atoms with E-state index in [0.29, 0.717) is 12.5 Å². The molecule has 2 aliphatic heterocycles. The van der Waals surface area contributed by atoms with Crippen molar-refractivity contribution in [3.8, 4) is 0 Å². The molecular weight excluding hydrogens is 212 g/mol. The third-order valence-electron chi connectivity index (χ3n) is 3.63. The lowest BCUT2D eigenvalue weighted by Crippen LogP contribution is -2.17. The van der Waals surface area contributed by atoms with Gasteiger partial charge in [-0.1, -0.05) is 24.3 Å². The van der Waals surface area contributed by atoms with Gasteiger partial charge in [-0.3, -0.25) is 0 Å². The topological polar surface area (TPSA) is 33.6 Å². The Hall–Kier alpha value is -1.35. The maximum atomic E-state index is 5.77. The summed E-state index contributed by atoms with van der Waals surface area (Å²) in [4.78, 5) is 4.76. The van der Waals surface area contributed by atoms with E-state index in [2.05, 4.69) is 36.5 Å². The lowest BCUT2D eigenvalue weighted by atomic mass is 10.0. The van der Waals surface area contributed by atoms with Crippen LogP contribution in [0.2, 0.25) is 0 Å². The zero-order valence-electron chi connectivity index (χ0n) is 10.1. The maximum absolute atomic E-state index is 5.77. The quantitative estimate of drug-likeness (QED) is 0.844. The normalized spacial score (nSPS) is 27.9. The second-order valence-electron chi connectivity index (χ2n) is 4.84. The van der Waals surface area contributed by atoms with Crippen molar-refractivity contribution in [3.05, 3.63) is 35.4 Å². The summed E-state index contributed by atoms with van der Waals surface area (Å²) >= 11 is 0. The highest BCUT2D eigenvalue weighted by molar-refractivity contribution is 5.81. The van der Waals surface area contributed by atoms with Gasteiger partial charge in [0.1, 0.15) is 12.6 Å². The predicted octanol–water partition coefficient (Wildman–Crippen LogP) is 2.07. The van der Waals surface area contributed by atoms with Crippen molar-refractivity contribution in [2.45, 2.75) is 19.4 Å². The van der Waals surface area contributed by atoms with Gasteiger partial charge in [0.2, 0.25) is 0 Å². The molecule has 3 nitrogen and oxygen atoms in total. The Morgan fingerprint density at radius 1 is 1.35 bits per heavy atom. The molecule has 3 heteroatoms. The van der Waals surface area contributed by atoms with E-state index in [1.165, 1.54) is 11.1 Å². The summed E-state index contributed by atoms with van der Waals surface area (Å²) in [7, 11) is 0. The molecule has 2 unspecified atom stereocenters. The van der Waals surface area contributed by atoms with Crippen LogP contribution in [0.1, 0.15) is 23.6 Å². The van der Waals surface area contributed by atoms with Crippen LogP contribution >= 0.6 is 0 Å². The minimum absolute atomic E-state index is 0.201. The highest BCUT2D eigenvalue weighted by Gasteiger charge is 2.29. The van der Waals surface area contributed by atoms with Gasteiger partial charge in [0.05, 0.1) is 0 Å². The number of hydrogen-bond acceptors (Lipinski definition) is 3. The zero-order chi connectivity index (χ0) is 11.7. The first-order valence-electron chi connectivity index (χ1n) is 6.31. The molecule has 1 saturated heterocycles. The van der Waals surface area contributed by atoms with E-state index in [9.17, 15) is 0 Å². The molecule has 0 radical (unpaired) electrons. The molecule has 0 saturated carbocycles. The van der Waals surface area contributed by atoms with Gasteiger partial charge in [-0.15, -0.1) is 0 Å². The molecule has 1 aromatic rings. The predicted molar refractivity (Wildman–Crippen MR) is 68.3 cm³/mol. The van der Waals surface area contributed by atoms with Crippen LogP contribution in [0.4, 0.5) is 0 Å². The minimum Gasteiger partial charge on any atom is -0.478 e. The fourth-order valence-corrected chi connectivity index (χ4v) is 2.60. The first-order valence-corrected chi connectivity index (χ1v) is 6.31. The van der Waals surface area contributed by atoms with E-state index in [4.69, 9.17) is 9.73 Å². The van der Waals surface area contributed by atoms with Gasteiger partial charge in [0, 0.05) is 12.5 Å². The number of aliphatic imine (C=N–C) groups is 1. The molecule has 17 heavy (non-hydrogen) atoms. The van der Waals surface area contributed by atoms with Gasteiger partial charge >= 0.3 is 0 Å². The summed E-state index contributed by atoms with van der Waals surface area (Å²) in [6, 6.07) is 8.64. The molecule has 2 atom stereocenters. The van der Waals surface area contributed by atoms with Crippen LogP contribution < -0.4 is 5.32 Å². The number of hydrogen-bond donors (Lipinski definition) is 1. The minimum atomic E-state index is 0.201. The van der Waals surface area contributed by atoms with E-state index >= 15 is 0 Å².